The number of hydrazine groups is 1. The Morgan fingerprint density at radius 3 is 2.84 bits per heavy atom. The van der Waals surface area contributed by atoms with E-state index in [1.54, 1.807) is 15.8 Å². The highest BCUT2D eigenvalue weighted by Gasteiger charge is 2.30. The molecule has 0 aromatic carbocycles. The van der Waals surface area contributed by atoms with Crippen LogP contribution in [0.3, 0.4) is 0 Å². The van der Waals surface area contributed by atoms with E-state index in [0.29, 0.717) is 18.2 Å². The molecule has 1 atom stereocenters. The second-order valence-corrected chi connectivity index (χ2v) is 8.12. The number of ether oxygens (including phenoxy) is 1. The van der Waals surface area contributed by atoms with Crippen LogP contribution in [0.5, 0.6) is 5.88 Å². The van der Waals surface area contributed by atoms with Gasteiger partial charge in [0.1, 0.15) is 17.1 Å². The summed E-state index contributed by atoms with van der Waals surface area (Å²) in [6.45, 7) is 8.53. The number of fused-ring (bicyclic) bond motifs is 1. The van der Waals surface area contributed by atoms with E-state index in [1.165, 1.54) is 6.07 Å². The molecule has 3 heterocycles. The van der Waals surface area contributed by atoms with E-state index >= 15 is 0 Å². The Kier molecular flexibility index (Phi) is 7.60. The van der Waals surface area contributed by atoms with Crippen LogP contribution in [0.15, 0.2) is 18.2 Å². The van der Waals surface area contributed by atoms with Gasteiger partial charge in [-0.1, -0.05) is 25.4 Å². The number of urea groups is 1. The summed E-state index contributed by atoms with van der Waals surface area (Å²) in [6.07, 6.45) is 1.67. The molecule has 0 saturated heterocycles. The molecular formula is C21H30ClN7O3. The first-order valence-electron chi connectivity index (χ1n) is 10.5. The predicted octanol–water partition coefficient (Wildman–Crippen LogP) is 3.00. The van der Waals surface area contributed by atoms with Gasteiger partial charge in [-0.3, -0.25) is 10.1 Å². The number of nitrogens with zero attached hydrogens (tertiary/aromatic N) is 4. The number of aliphatic hydroxyl groups excluding tert-OH is 1. The average molecular weight is 464 g/mol. The predicted molar refractivity (Wildman–Crippen MR) is 125 cm³/mol. The lowest BCUT2D eigenvalue weighted by Gasteiger charge is -2.34. The molecule has 0 bridgehead atoms. The van der Waals surface area contributed by atoms with E-state index < -0.39 is 6.03 Å². The highest BCUT2D eigenvalue weighted by Crippen LogP contribution is 2.36. The van der Waals surface area contributed by atoms with Gasteiger partial charge in [-0.15, -0.1) is 0 Å². The first-order valence-corrected chi connectivity index (χ1v) is 10.9. The van der Waals surface area contributed by atoms with E-state index in [0.717, 1.165) is 22.6 Å². The van der Waals surface area contributed by atoms with Gasteiger partial charge in [-0.25, -0.2) is 9.78 Å². The minimum absolute atomic E-state index is 0.143. The fourth-order valence-corrected chi connectivity index (χ4v) is 3.88. The Morgan fingerprint density at radius 2 is 2.19 bits per heavy atom. The van der Waals surface area contributed by atoms with Gasteiger partial charge in [0, 0.05) is 25.2 Å². The molecular weight excluding hydrogens is 434 g/mol. The summed E-state index contributed by atoms with van der Waals surface area (Å²) >= 11 is 6.02. The summed E-state index contributed by atoms with van der Waals surface area (Å²) in [5, 5.41) is 22.1. The summed E-state index contributed by atoms with van der Waals surface area (Å²) < 4.78 is 7.16. The van der Waals surface area contributed by atoms with Crippen LogP contribution in [-0.4, -0.2) is 56.8 Å². The van der Waals surface area contributed by atoms with Crippen LogP contribution in [0.4, 0.5) is 16.3 Å². The van der Waals surface area contributed by atoms with Gasteiger partial charge in [0.15, 0.2) is 0 Å². The zero-order valence-electron chi connectivity index (χ0n) is 18.9. The minimum atomic E-state index is -0.489. The van der Waals surface area contributed by atoms with Gasteiger partial charge in [0.05, 0.1) is 24.6 Å². The molecule has 3 rings (SSSR count). The Morgan fingerprint density at radius 1 is 1.44 bits per heavy atom. The number of amides is 2. The van der Waals surface area contributed by atoms with Crippen molar-refractivity contribution in [2.45, 2.75) is 33.9 Å². The van der Waals surface area contributed by atoms with Crippen molar-refractivity contribution in [2.75, 3.05) is 30.4 Å². The molecule has 4 N–H and O–H groups in total. The molecule has 2 amide bonds. The summed E-state index contributed by atoms with van der Waals surface area (Å²) in [4.78, 5) is 16.8. The topological polar surface area (TPSA) is 117 Å². The largest absolute Gasteiger partial charge is 0.478 e. The second-order valence-electron chi connectivity index (χ2n) is 7.73. The lowest BCUT2D eigenvalue weighted by atomic mass is 9.92. The number of aromatic nitrogens is 3. The first kappa shape index (κ1) is 23.8. The molecule has 11 heteroatoms. The van der Waals surface area contributed by atoms with Crippen molar-refractivity contribution in [1.29, 1.82) is 0 Å². The number of aliphatic hydroxyl groups is 1. The zero-order valence-corrected chi connectivity index (χ0v) is 19.7. The molecule has 0 spiro atoms. The molecule has 0 fully saturated rings. The van der Waals surface area contributed by atoms with Crippen molar-refractivity contribution in [3.63, 3.8) is 0 Å². The number of nitrogens with one attached hydrogen (secondary N) is 3. The molecule has 0 saturated carbocycles. The first-order chi connectivity index (χ1) is 15.2. The standard InChI is InChI=1S/C21H30ClN7O3/c1-6-32-18-10-14(9-16(22)24-18)23-21(31)27-29(7-8-30)17-11-15(12(2)3)19-13(4)26-28(5)20(19)25-17/h9-12,17,25,30H,6-8H2,1-5H3,(H2,23,24,27,31). The number of rotatable bonds is 8. The van der Waals surface area contributed by atoms with Crippen molar-refractivity contribution in [2.24, 2.45) is 13.0 Å². The number of pyridine rings is 1. The van der Waals surface area contributed by atoms with Crippen LogP contribution in [0.2, 0.25) is 5.15 Å². The molecule has 32 heavy (non-hydrogen) atoms. The van der Waals surface area contributed by atoms with E-state index in [9.17, 15) is 9.90 Å². The average Bonchev–Trinajstić information content (AvgIpc) is 3.00. The van der Waals surface area contributed by atoms with Gasteiger partial charge >= 0.3 is 6.03 Å². The van der Waals surface area contributed by atoms with Gasteiger partial charge in [0.25, 0.3) is 0 Å². The number of aryl methyl sites for hydroxylation is 2. The van der Waals surface area contributed by atoms with Crippen LogP contribution in [0, 0.1) is 12.8 Å². The Labute approximate surface area is 192 Å². The summed E-state index contributed by atoms with van der Waals surface area (Å²) in [5.41, 5.74) is 6.38. The number of allylic oxidation sites excluding steroid dienone is 1. The van der Waals surface area contributed by atoms with E-state index in [1.807, 2.05) is 27.0 Å². The molecule has 0 aliphatic carbocycles. The van der Waals surface area contributed by atoms with Crippen molar-refractivity contribution in [3.8, 4) is 5.88 Å². The summed E-state index contributed by atoms with van der Waals surface area (Å²) in [6, 6.07) is 2.63. The van der Waals surface area contributed by atoms with Crippen LogP contribution >= 0.6 is 11.6 Å². The van der Waals surface area contributed by atoms with Crippen molar-refractivity contribution < 1.29 is 14.6 Å². The third-order valence-electron chi connectivity index (χ3n) is 5.00. The van der Waals surface area contributed by atoms with Gasteiger partial charge < -0.3 is 20.5 Å². The number of carbonyl (C=O) groups is 1. The quantitative estimate of drug-likeness (QED) is 0.351. The Bertz CT molecular complexity index is 1010. The number of hydrogen-bond donors (Lipinski definition) is 4. The monoisotopic (exact) mass is 463 g/mol. The minimum Gasteiger partial charge on any atom is -0.478 e. The van der Waals surface area contributed by atoms with Gasteiger partial charge in [0.2, 0.25) is 5.88 Å². The lowest BCUT2D eigenvalue weighted by molar-refractivity contribution is 0.135. The maximum atomic E-state index is 12.7. The smallest absolute Gasteiger partial charge is 0.333 e. The molecule has 1 unspecified atom stereocenters. The number of anilines is 2. The summed E-state index contributed by atoms with van der Waals surface area (Å²) in [5.74, 6) is 1.44. The highest BCUT2D eigenvalue weighted by atomic mass is 35.5. The van der Waals surface area contributed by atoms with Crippen LogP contribution < -0.4 is 20.8 Å². The fraction of sp³-hybridized carbons (Fsp3) is 0.476. The van der Waals surface area contributed by atoms with E-state index in [4.69, 9.17) is 16.3 Å². The van der Waals surface area contributed by atoms with Crippen molar-refractivity contribution in [3.05, 3.63) is 34.6 Å². The van der Waals surface area contributed by atoms with Crippen LogP contribution in [0.25, 0.3) is 5.57 Å². The SMILES string of the molecule is CCOc1cc(NC(=O)NN(CCO)C2C=C(C(C)C)c3c(C)nn(C)c3N2)cc(Cl)n1. The third kappa shape index (κ3) is 5.32. The number of carbonyl (C=O) groups excluding carboxylic acids is 1. The van der Waals surface area contributed by atoms with E-state index in [2.05, 4.69) is 40.0 Å². The van der Waals surface area contributed by atoms with Crippen LogP contribution in [0.1, 0.15) is 32.0 Å². The maximum absolute atomic E-state index is 12.7. The fourth-order valence-electron chi connectivity index (χ4n) is 3.68. The van der Waals surface area contributed by atoms with Gasteiger partial charge in [-0.2, -0.15) is 10.1 Å². The van der Waals surface area contributed by atoms with Crippen molar-refractivity contribution >= 4 is 34.7 Å². The number of halogens is 1. The highest BCUT2D eigenvalue weighted by molar-refractivity contribution is 6.29. The normalized spacial score (nSPS) is 15.3. The molecule has 2 aromatic heterocycles. The summed E-state index contributed by atoms with van der Waals surface area (Å²) in [7, 11) is 1.87. The zero-order chi connectivity index (χ0) is 23.4. The number of hydrogen-bond acceptors (Lipinski definition) is 7. The Balaban J connectivity index is 1.80. The van der Waals surface area contributed by atoms with Crippen molar-refractivity contribution in [1.82, 2.24) is 25.2 Å². The molecule has 10 nitrogen and oxygen atoms in total. The lowest BCUT2D eigenvalue weighted by Crippen LogP contribution is -2.54. The maximum Gasteiger partial charge on any atom is 0.333 e. The molecule has 2 aromatic rings. The Hall–Kier alpha value is -2.82. The third-order valence-corrected chi connectivity index (χ3v) is 5.19. The molecule has 1 aliphatic rings. The van der Waals surface area contributed by atoms with Gasteiger partial charge in [-0.05, 0) is 37.5 Å². The molecule has 1 aliphatic heterocycles. The molecule has 0 radical (unpaired) electrons. The molecule has 174 valence electrons. The second kappa shape index (κ2) is 10.2. The van der Waals surface area contributed by atoms with Crippen LogP contribution in [-0.2, 0) is 7.05 Å². The van der Waals surface area contributed by atoms with E-state index in [-0.39, 0.29) is 30.4 Å².